The van der Waals surface area contributed by atoms with Crippen LogP contribution in [0.3, 0.4) is 0 Å². The van der Waals surface area contributed by atoms with E-state index >= 15 is 0 Å². The summed E-state index contributed by atoms with van der Waals surface area (Å²) in [7, 11) is 0. The van der Waals surface area contributed by atoms with E-state index in [1.165, 1.54) is 315 Å². The van der Waals surface area contributed by atoms with Gasteiger partial charge < -0.3 is 14.2 Å². The van der Waals surface area contributed by atoms with Gasteiger partial charge in [0, 0.05) is 19.3 Å². The Labute approximate surface area is 476 Å². The van der Waals surface area contributed by atoms with Crippen molar-refractivity contribution in [2.75, 3.05) is 13.2 Å². The van der Waals surface area contributed by atoms with Gasteiger partial charge >= 0.3 is 17.9 Å². The molecule has 0 saturated carbocycles. The van der Waals surface area contributed by atoms with Crippen LogP contribution in [0.2, 0.25) is 0 Å². The molecule has 0 aromatic heterocycles. The zero-order chi connectivity index (χ0) is 55.0. The second kappa shape index (κ2) is 65.9. The summed E-state index contributed by atoms with van der Waals surface area (Å²) in [5.41, 5.74) is 0. The summed E-state index contributed by atoms with van der Waals surface area (Å²) >= 11 is 0. The summed E-state index contributed by atoms with van der Waals surface area (Å²) in [6, 6.07) is 0. The smallest absolute Gasteiger partial charge is 0.306 e. The van der Waals surface area contributed by atoms with Crippen LogP contribution in [-0.4, -0.2) is 37.2 Å². The number of hydrogen-bond acceptors (Lipinski definition) is 6. The molecule has 0 saturated heterocycles. The Hall–Kier alpha value is -1.59. The van der Waals surface area contributed by atoms with Crippen molar-refractivity contribution in [3.63, 3.8) is 0 Å². The third-order valence-electron chi connectivity index (χ3n) is 16.4. The molecule has 0 radical (unpaired) electrons. The third kappa shape index (κ3) is 63.2. The molecule has 0 heterocycles. The number of ether oxygens (including phenoxy) is 3. The maximum absolute atomic E-state index is 12.9. The monoisotopic (exact) mass is 1070 g/mol. The first-order valence-corrected chi connectivity index (χ1v) is 35.0. The van der Waals surface area contributed by atoms with Gasteiger partial charge in [0.25, 0.3) is 0 Å². The Balaban J connectivity index is 4.09. The van der Waals surface area contributed by atoms with Crippen LogP contribution in [0, 0.1) is 0 Å². The second-order valence-corrected chi connectivity index (χ2v) is 24.2. The van der Waals surface area contributed by atoms with Crippen molar-refractivity contribution in [2.45, 2.75) is 419 Å². The van der Waals surface area contributed by atoms with Crippen LogP contribution in [0.15, 0.2) is 0 Å². The molecule has 0 amide bonds. The Kier molecular flexibility index (Phi) is 64.5. The molecular formula is C70H136O6. The van der Waals surface area contributed by atoms with Crippen molar-refractivity contribution in [3.05, 3.63) is 0 Å². The molecular weight excluding hydrogens is 937 g/mol. The normalized spacial score (nSPS) is 11.9. The first-order valence-electron chi connectivity index (χ1n) is 35.0. The topological polar surface area (TPSA) is 78.9 Å². The first-order chi connectivity index (χ1) is 37.5. The number of carbonyl (C=O) groups is 3. The second-order valence-electron chi connectivity index (χ2n) is 24.2. The fourth-order valence-electron chi connectivity index (χ4n) is 11.1. The van der Waals surface area contributed by atoms with Crippen molar-refractivity contribution < 1.29 is 28.6 Å². The molecule has 452 valence electrons. The van der Waals surface area contributed by atoms with Crippen LogP contribution < -0.4 is 0 Å². The Morgan fingerprint density at radius 2 is 0.355 bits per heavy atom. The minimum atomic E-state index is -0.762. The van der Waals surface area contributed by atoms with Gasteiger partial charge in [-0.3, -0.25) is 14.4 Å². The molecule has 76 heavy (non-hydrogen) atoms. The molecule has 0 aliphatic carbocycles. The Morgan fingerprint density at radius 3 is 0.526 bits per heavy atom. The lowest BCUT2D eigenvalue weighted by Gasteiger charge is -2.18. The van der Waals surface area contributed by atoms with E-state index in [1.807, 2.05) is 0 Å². The lowest BCUT2D eigenvalue weighted by Crippen LogP contribution is -2.30. The van der Waals surface area contributed by atoms with Crippen LogP contribution in [0.1, 0.15) is 412 Å². The van der Waals surface area contributed by atoms with Crippen LogP contribution in [0.4, 0.5) is 0 Å². The molecule has 0 aromatic rings. The fourth-order valence-corrected chi connectivity index (χ4v) is 11.1. The quantitative estimate of drug-likeness (QED) is 0.0343. The lowest BCUT2D eigenvalue weighted by molar-refractivity contribution is -0.167. The zero-order valence-corrected chi connectivity index (χ0v) is 52.1. The van der Waals surface area contributed by atoms with Gasteiger partial charge in [-0.25, -0.2) is 0 Å². The van der Waals surface area contributed by atoms with Gasteiger partial charge in [-0.05, 0) is 19.3 Å². The summed E-state index contributed by atoms with van der Waals surface area (Å²) in [6.45, 7) is 6.73. The Bertz CT molecular complexity index is 1140. The summed E-state index contributed by atoms with van der Waals surface area (Å²) in [5.74, 6) is -0.824. The summed E-state index contributed by atoms with van der Waals surface area (Å²) in [6.07, 6.45) is 77.2. The highest BCUT2D eigenvalue weighted by atomic mass is 16.6. The number of unbranched alkanes of at least 4 members (excludes halogenated alkanes) is 55. The van der Waals surface area contributed by atoms with Gasteiger partial charge in [-0.1, -0.05) is 374 Å². The van der Waals surface area contributed by atoms with E-state index in [4.69, 9.17) is 14.2 Å². The zero-order valence-electron chi connectivity index (χ0n) is 52.1. The average Bonchev–Trinajstić information content (AvgIpc) is 3.42. The van der Waals surface area contributed by atoms with E-state index in [-0.39, 0.29) is 31.1 Å². The predicted octanol–water partition coefficient (Wildman–Crippen LogP) is 23.8. The standard InChI is InChI=1S/C70H136O6/c1-4-7-10-13-16-19-22-24-26-28-30-31-32-33-34-35-36-37-38-39-40-42-43-45-48-51-54-57-60-63-69(72)75-66-67(65-74-68(71)62-59-56-53-50-47-21-18-15-12-9-6-3)76-70(73)64-61-58-55-52-49-46-44-41-29-27-25-23-20-17-14-11-8-5-2/h67H,4-66H2,1-3H3. The minimum absolute atomic E-state index is 0.0605. The molecule has 6 nitrogen and oxygen atoms in total. The van der Waals surface area contributed by atoms with Crippen LogP contribution in [0.5, 0.6) is 0 Å². The highest BCUT2D eigenvalue weighted by Gasteiger charge is 2.19. The van der Waals surface area contributed by atoms with E-state index in [9.17, 15) is 14.4 Å². The number of esters is 3. The van der Waals surface area contributed by atoms with Gasteiger partial charge in [0.2, 0.25) is 0 Å². The van der Waals surface area contributed by atoms with E-state index in [1.54, 1.807) is 0 Å². The molecule has 0 aliphatic heterocycles. The van der Waals surface area contributed by atoms with Gasteiger partial charge in [-0.2, -0.15) is 0 Å². The molecule has 0 rings (SSSR count). The van der Waals surface area contributed by atoms with Crippen LogP contribution in [0.25, 0.3) is 0 Å². The van der Waals surface area contributed by atoms with Crippen LogP contribution >= 0.6 is 0 Å². The molecule has 6 heteroatoms. The molecule has 0 fully saturated rings. The lowest BCUT2D eigenvalue weighted by atomic mass is 10.0. The van der Waals surface area contributed by atoms with Crippen molar-refractivity contribution in [1.29, 1.82) is 0 Å². The van der Waals surface area contributed by atoms with Crippen LogP contribution in [-0.2, 0) is 28.6 Å². The number of rotatable bonds is 66. The maximum Gasteiger partial charge on any atom is 0.306 e. The molecule has 0 aromatic carbocycles. The minimum Gasteiger partial charge on any atom is -0.462 e. The van der Waals surface area contributed by atoms with Crippen molar-refractivity contribution in [3.8, 4) is 0 Å². The largest absolute Gasteiger partial charge is 0.462 e. The fraction of sp³-hybridized carbons (Fsp3) is 0.957. The summed E-state index contributed by atoms with van der Waals surface area (Å²) in [4.78, 5) is 38.3. The molecule has 1 atom stereocenters. The molecule has 0 bridgehead atoms. The number of hydrogen-bond donors (Lipinski definition) is 0. The molecule has 1 unspecified atom stereocenters. The number of carbonyl (C=O) groups excluding carboxylic acids is 3. The third-order valence-corrected chi connectivity index (χ3v) is 16.4. The SMILES string of the molecule is CCCCCCCCCCCCCCCCCCCCCCCCCCCCCCCC(=O)OCC(COC(=O)CCCCCCCCCCCCC)OC(=O)CCCCCCCCCCCCCCCCCCCC. The van der Waals surface area contributed by atoms with Gasteiger partial charge in [0.15, 0.2) is 6.10 Å². The van der Waals surface area contributed by atoms with E-state index in [0.717, 1.165) is 57.8 Å². The Morgan fingerprint density at radius 1 is 0.211 bits per heavy atom. The van der Waals surface area contributed by atoms with E-state index < -0.39 is 6.10 Å². The van der Waals surface area contributed by atoms with E-state index in [0.29, 0.717) is 19.3 Å². The van der Waals surface area contributed by atoms with Crippen molar-refractivity contribution in [1.82, 2.24) is 0 Å². The average molecular weight is 1070 g/mol. The molecule has 0 N–H and O–H groups in total. The van der Waals surface area contributed by atoms with Gasteiger partial charge in [-0.15, -0.1) is 0 Å². The molecule has 0 aliphatic rings. The first kappa shape index (κ1) is 74.4. The highest BCUT2D eigenvalue weighted by Crippen LogP contribution is 2.19. The van der Waals surface area contributed by atoms with Gasteiger partial charge in [0.05, 0.1) is 0 Å². The highest BCUT2D eigenvalue weighted by molar-refractivity contribution is 5.71. The molecule has 0 spiro atoms. The maximum atomic E-state index is 12.9. The predicted molar refractivity (Wildman–Crippen MR) is 330 cm³/mol. The van der Waals surface area contributed by atoms with E-state index in [2.05, 4.69) is 20.8 Å². The van der Waals surface area contributed by atoms with Crippen molar-refractivity contribution >= 4 is 17.9 Å². The van der Waals surface area contributed by atoms with Crippen molar-refractivity contribution in [2.24, 2.45) is 0 Å². The van der Waals surface area contributed by atoms with Gasteiger partial charge in [0.1, 0.15) is 13.2 Å². The summed E-state index contributed by atoms with van der Waals surface area (Å²) in [5, 5.41) is 0. The summed E-state index contributed by atoms with van der Waals surface area (Å²) < 4.78 is 17.0.